The number of aromatic amines is 1. The molecule has 1 amide bonds. The van der Waals surface area contributed by atoms with Gasteiger partial charge < -0.3 is 19.8 Å². The molecule has 0 fully saturated rings. The molecule has 0 unspecified atom stereocenters. The lowest BCUT2D eigenvalue weighted by Gasteiger charge is -2.10. The highest BCUT2D eigenvalue weighted by Gasteiger charge is 2.07. The highest BCUT2D eigenvalue weighted by atomic mass is 32.2. The van der Waals surface area contributed by atoms with E-state index >= 15 is 0 Å². The van der Waals surface area contributed by atoms with Gasteiger partial charge >= 0.3 is 0 Å². The molecule has 2 rings (SSSR count). The third-order valence-electron chi connectivity index (χ3n) is 3.37. The number of thioether (sulfide) groups is 1. The van der Waals surface area contributed by atoms with Crippen LogP contribution in [-0.2, 0) is 11.2 Å². The number of nitrogens with one attached hydrogen (secondary N) is 2. The Morgan fingerprint density at radius 1 is 1.24 bits per heavy atom. The molecule has 1 heterocycles. The molecule has 0 atom stereocenters. The second-order valence-corrected chi connectivity index (χ2v) is 6.23. The molecule has 0 aliphatic heterocycles. The highest BCUT2D eigenvalue weighted by Crippen LogP contribution is 2.27. The minimum Gasteiger partial charge on any atom is -0.493 e. The average Bonchev–Trinajstić information content (AvgIpc) is 2.59. The summed E-state index contributed by atoms with van der Waals surface area (Å²) in [6.07, 6.45) is 0.677. The number of H-pyrrole nitrogens is 1. The van der Waals surface area contributed by atoms with Crippen LogP contribution in [0.5, 0.6) is 11.5 Å². The van der Waals surface area contributed by atoms with Gasteiger partial charge in [-0.1, -0.05) is 17.8 Å². The van der Waals surface area contributed by atoms with Crippen LogP contribution < -0.4 is 20.3 Å². The van der Waals surface area contributed by atoms with Crippen molar-refractivity contribution >= 4 is 17.7 Å². The number of rotatable bonds is 8. The second-order valence-electron chi connectivity index (χ2n) is 5.27. The van der Waals surface area contributed by atoms with Crippen molar-refractivity contribution in [1.82, 2.24) is 15.3 Å². The molecule has 1 aromatic heterocycles. The number of ether oxygens (including phenoxy) is 2. The molecular weight excluding hydrogens is 342 g/mol. The van der Waals surface area contributed by atoms with Crippen molar-refractivity contribution in [2.24, 2.45) is 0 Å². The van der Waals surface area contributed by atoms with E-state index < -0.39 is 0 Å². The first-order chi connectivity index (χ1) is 12.0. The minimum atomic E-state index is -0.219. The van der Waals surface area contributed by atoms with Crippen molar-refractivity contribution in [3.05, 3.63) is 45.9 Å². The number of aromatic nitrogens is 2. The minimum absolute atomic E-state index is 0.116. The molecule has 1 aromatic carbocycles. The van der Waals surface area contributed by atoms with Crippen LogP contribution >= 0.6 is 11.8 Å². The van der Waals surface area contributed by atoms with E-state index in [2.05, 4.69) is 15.3 Å². The quantitative estimate of drug-likeness (QED) is 0.546. The third-order valence-corrected chi connectivity index (χ3v) is 4.25. The van der Waals surface area contributed by atoms with Crippen LogP contribution in [-0.4, -0.2) is 42.4 Å². The SMILES string of the molecule is COc1ccc(CCNC(=O)CSc2nc(C)cc(=O)[nH]2)cc1OC. The summed E-state index contributed by atoms with van der Waals surface area (Å²) in [7, 11) is 3.18. The van der Waals surface area contributed by atoms with Crippen molar-refractivity contribution < 1.29 is 14.3 Å². The van der Waals surface area contributed by atoms with E-state index in [4.69, 9.17) is 9.47 Å². The van der Waals surface area contributed by atoms with Gasteiger partial charge in [0.15, 0.2) is 16.7 Å². The fourth-order valence-electron chi connectivity index (χ4n) is 2.19. The van der Waals surface area contributed by atoms with E-state index in [1.165, 1.54) is 17.8 Å². The number of hydrogen-bond donors (Lipinski definition) is 2. The van der Waals surface area contributed by atoms with Gasteiger partial charge in [-0.15, -0.1) is 0 Å². The second kappa shape index (κ2) is 9.12. The van der Waals surface area contributed by atoms with Gasteiger partial charge in [-0.3, -0.25) is 9.59 Å². The topological polar surface area (TPSA) is 93.3 Å². The molecule has 0 saturated heterocycles. The summed E-state index contributed by atoms with van der Waals surface area (Å²) >= 11 is 1.20. The zero-order chi connectivity index (χ0) is 18.2. The van der Waals surface area contributed by atoms with Gasteiger partial charge in [-0.2, -0.15) is 0 Å². The van der Waals surface area contributed by atoms with Crippen LogP contribution in [0.25, 0.3) is 0 Å². The van der Waals surface area contributed by atoms with E-state index in [-0.39, 0.29) is 17.2 Å². The maximum Gasteiger partial charge on any atom is 0.251 e. The Morgan fingerprint density at radius 3 is 2.68 bits per heavy atom. The predicted octanol–water partition coefficient (Wildman–Crippen LogP) is 1.55. The molecule has 0 saturated carbocycles. The Balaban J connectivity index is 1.79. The molecule has 0 radical (unpaired) electrons. The Kier molecular flexibility index (Phi) is 6.88. The van der Waals surface area contributed by atoms with Gasteiger partial charge in [0.1, 0.15) is 0 Å². The number of methoxy groups -OCH3 is 2. The number of carbonyl (C=O) groups excluding carboxylic acids is 1. The summed E-state index contributed by atoms with van der Waals surface area (Å²) in [6, 6.07) is 7.07. The van der Waals surface area contributed by atoms with Crippen molar-refractivity contribution in [3.8, 4) is 11.5 Å². The summed E-state index contributed by atoms with van der Waals surface area (Å²) < 4.78 is 10.5. The van der Waals surface area contributed by atoms with Crippen molar-refractivity contribution in [1.29, 1.82) is 0 Å². The number of aryl methyl sites for hydroxylation is 1. The van der Waals surface area contributed by atoms with E-state index in [1.54, 1.807) is 21.1 Å². The Bertz CT molecular complexity index is 792. The van der Waals surface area contributed by atoms with Gasteiger partial charge in [0, 0.05) is 18.3 Å². The summed E-state index contributed by atoms with van der Waals surface area (Å²) in [5.41, 5.74) is 1.44. The van der Waals surface area contributed by atoms with Gasteiger partial charge in [-0.05, 0) is 31.0 Å². The molecule has 0 bridgehead atoms. The fourth-order valence-corrected chi connectivity index (χ4v) is 2.94. The van der Waals surface area contributed by atoms with E-state index in [9.17, 15) is 9.59 Å². The van der Waals surface area contributed by atoms with Crippen LogP contribution in [0.15, 0.2) is 34.2 Å². The maximum atomic E-state index is 11.9. The molecule has 0 aliphatic rings. The lowest BCUT2D eigenvalue weighted by atomic mass is 10.1. The molecule has 8 heteroatoms. The predicted molar refractivity (Wildman–Crippen MR) is 96.6 cm³/mol. The Hall–Kier alpha value is -2.48. The van der Waals surface area contributed by atoms with Crippen molar-refractivity contribution in [2.75, 3.05) is 26.5 Å². The summed E-state index contributed by atoms with van der Waals surface area (Å²) in [5.74, 6) is 1.41. The number of carbonyl (C=O) groups is 1. The average molecular weight is 363 g/mol. The Labute approximate surface area is 150 Å². The molecule has 134 valence electrons. The molecular formula is C17H21N3O4S. The van der Waals surface area contributed by atoms with Crippen LogP contribution in [0.4, 0.5) is 0 Å². The number of amides is 1. The summed E-state index contributed by atoms with van der Waals surface area (Å²) in [6.45, 7) is 2.25. The highest BCUT2D eigenvalue weighted by molar-refractivity contribution is 7.99. The molecule has 0 aliphatic carbocycles. The normalized spacial score (nSPS) is 10.4. The maximum absolute atomic E-state index is 11.9. The number of nitrogens with zero attached hydrogens (tertiary/aromatic N) is 1. The summed E-state index contributed by atoms with van der Waals surface area (Å²) in [4.78, 5) is 30.0. The van der Waals surface area contributed by atoms with Gasteiger partial charge in [0.2, 0.25) is 5.91 Å². The largest absolute Gasteiger partial charge is 0.493 e. The third kappa shape index (κ3) is 5.82. The standard InChI is InChI=1S/C17H21N3O4S/c1-11-8-15(21)20-17(19-11)25-10-16(22)18-7-6-12-4-5-13(23-2)14(9-12)24-3/h4-5,8-9H,6-7,10H2,1-3H3,(H,18,22)(H,19,20,21). The van der Waals surface area contributed by atoms with E-state index in [1.807, 2.05) is 18.2 Å². The smallest absolute Gasteiger partial charge is 0.251 e. The van der Waals surface area contributed by atoms with Crippen LogP contribution in [0, 0.1) is 6.92 Å². The number of benzene rings is 1. The first kappa shape index (κ1) is 18.9. The number of hydrogen-bond acceptors (Lipinski definition) is 6. The molecule has 2 N–H and O–H groups in total. The van der Waals surface area contributed by atoms with Crippen molar-refractivity contribution in [3.63, 3.8) is 0 Å². The molecule has 2 aromatic rings. The Morgan fingerprint density at radius 2 is 2.00 bits per heavy atom. The molecule has 25 heavy (non-hydrogen) atoms. The monoisotopic (exact) mass is 363 g/mol. The van der Waals surface area contributed by atoms with Crippen LogP contribution in [0.2, 0.25) is 0 Å². The van der Waals surface area contributed by atoms with E-state index in [0.717, 1.165) is 5.56 Å². The lowest BCUT2D eigenvalue weighted by Crippen LogP contribution is -2.27. The zero-order valence-electron chi connectivity index (χ0n) is 14.4. The molecule has 0 spiro atoms. The summed E-state index contributed by atoms with van der Waals surface area (Å²) in [5, 5.41) is 3.29. The molecule has 7 nitrogen and oxygen atoms in total. The first-order valence-electron chi connectivity index (χ1n) is 7.70. The van der Waals surface area contributed by atoms with Crippen molar-refractivity contribution in [2.45, 2.75) is 18.5 Å². The fraction of sp³-hybridized carbons (Fsp3) is 0.353. The van der Waals surface area contributed by atoms with Crippen LogP contribution in [0.3, 0.4) is 0 Å². The first-order valence-corrected chi connectivity index (χ1v) is 8.68. The van der Waals surface area contributed by atoms with Gasteiger partial charge in [0.25, 0.3) is 5.56 Å². The van der Waals surface area contributed by atoms with Gasteiger partial charge in [0.05, 0.1) is 20.0 Å². The van der Waals surface area contributed by atoms with E-state index in [0.29, 0.717) is 35.3 Å². The van der Waals surface area contributed by atoms with Crippen LogP contribution in [0.1, 0.15) is 11.3 Å². The lowest BCUT2D eigenvalue weighted by molar-refractivity contribution is -0.118. The zero-order valence-corrected chi connectivity index (χ0v) is 15.2. The van der Waals surface area contributed by atoms with Gasteiger partial charge in [-0.25, -0.2) is 4.98 Å².